The van der Waals surface area contributed by atoms with E-state index in [0.29, 0.717) is 12.5 Å². The molecule has 1 N–H and O–H groups in total. The van der Waals surface area contributed by atoms with E-state index in [4.69, 9.17) is 4.74 Å². The first-order valence-electron chi connectivity index (χ1n) is 9.67. The number of fused-ring (bicyclic) bond motifs is 1. The topological polar surface area (TPSA) is 47.0 Å². The Labute approximate surface area is 160 Å². The highest BCUT2D eigenvalue weighted by Gasteiger charge is 2.08. The fourth-order valence-corrected chi connectivity index (χ4v) is 3.44. The van der Waals surface area contributed by atoms with E-state index in [0.717, 1.165) is 50.0 Å². The smallest absolute Gasteiger partial charge is 0.233 e. The number of ether oxygens (including phenoxy) is 1. The Morgan fingerprint density at radius 3 is 2.44 bits per heavy atom. The third-order valence-corrected chi connectivity index (χ3v) is 5.01. The molecule has 0 saturated carbocycles. The zero-order valence-electron chi connectivity index (χ0n) is 15.5. The van der Waals surface area contributed by atoms with Crippen LogP contribution in [-0.4, -0.2) is 23.3 Å². The van der Waals surface area contributed by atoms with Crippen LogP contribution in [0, 0.1) is 0 Å². The molecule has 138 valence electrons. The Morgan fingerprint density at radius 2 is 1.63 bits per heavy atom. The summed E-state index contributed by atoms with van der Waals surface area (Å²) in [6.07, 6.45) is 4.13. The molecule has 0 radical (unpaired) electrons. The van der Waals surface area contributed by atoms with Crippen LogP contribution in [0.15, 0.2) is 60.7 Å². The molecule has 0 spiro atoms. The molecule has 0 fully saturated rings. The van der Waals surface area contributed by atoms with Crippen LogP contribution in [-0.2, 0) is 32.3 Å². The summed E-state index contributed by atoms with van der Waals surface area (Å²) in [5.74, 6) is 0.570. The predicted octanol–water partition coefficient (Wildman–Crippen LogP) is 3.53. The van der Waals surface area contributed by atoms with E-state index < -0.39 is 0 Å². The third-order valence-electron chi connectivity index (χ3n) is 5.01. The summed E-state index contributed by atoms with van der Waals surface area (Å²) in [7, 11) is 0. The summed E-state index contributed by atoms with van der Waals surface area (Å²) in [6, 6.07) is 20.9. The van der Waals surface area contributed by atoms with E-state index in [2.05, 4.69) is 33.7 Å². The van der Waals surface area contributed by atoms with E-state index in [-0.39, 0.29) is 0 Å². The molecule has 1 aromatic heterocycles. The number of hydrogen-bond acceptors (Lipinski definition) is 4. The monoisotopic (exact) mass is 359 g/mol. The molecule has 4 nitrogen and oxygen atoms in total. The van der Waals surface area contributed by atoms with Gasteiger partial charge >= 0.3 is 0 Å². The van der Waals surface area contributed by atoms with Crippen LogP contribution in [0.2, 0.25) is 0 Å². The minimum Gasteiger partial charge on any atom is -0.472 e. The van der Waals surface area contributed by atoms with Gasteiger partial charge in [-0.25, -0.2) is 0 Å². The van der Waals surface area contributed by atoms with Crippen molar-refractivity contribution in [3.8, 4) is 5.88 Å². The molecule has 0 saturated heterocycles. The van der Waals surface area contributed by atoms with E-state index in [9.17, 15) is 0 Å². The summed E-state index contributed by atoms with van der Waals surface area (Å²) in [5, 5.41) is 12.0. The second-order valence-corrected chi connectivity index (χ2v) is 6.99. The highest BCUT2D eigenvalue weighted by Crippen LogP contribution is 2.17. The summed E-state index contributed by atoms with van der Waals surface area (Å²) >= 11 is 0. The maximum absolute atomic E-state index is 5.70. The zero-order valence-corrected chi connectivity index (χ0v) is 15.5. The van der Waals surface area contributed by atoms with E-state index in [1.807, 2.05) is 42.5 Å². The van der Waals surface area contributed by atoms with E-state index in [1.54, 1.807) is 0 Å². The molecule has 0 unspecified atom stereocenters. The molecule has 0 amide bonds. The molecular formula is C23H25N3O. The van der Waals surface area contributed by atoms with Crippen molar-refractivity contribution in [3.05, 3.63) is 88.6 Å². The fraction of sp³-hybridized carbons (Fsp3) is 0.304. The molecule has 0 aliphatic carbocycles. The fourth-order valence-electron chi connectivity index (χ4n) is 3.44. The van der Waals surface area contributed by atoms with E-state index >= 15 is 0 Å². The molecule has 2 heterocycles. The van der Waals surface area contributed by atoms with Crippen LogP contribution in [0.25, 0.3) is 0 Å². The Balaban J connectivity index is 1.31. The molecule has 1 aliphatic rings. The first kappa shape index (κ1) is 17.7. The SMILES string of the molecule is c1ccc(COc2ccc(CCc3ccc4c(c3)CCNCC4)nn2)cc1. The largest absolute Gasteiger partial charge is 0.472 e. The normalized spacial score (nSPS) is 13.6. The second kappa shape index (κ2) is 8.78. The van der Waals surface area contributed by atoms with Crippen molar-refractivity contribution in [1.82, 2.24) is 15.5 Å². The molecule has 27 heavy (non-hydrogen) atoms. The van der Waals surface area contributed by atoms with Crippen LogP contribution in [0.3, 0.4) is 0 Å². The third kappa shape index (κ3) is 4.92. The van der Waals surface area contributed by atoms with Gasteiger partial charge in [0.2, 0.25) is 5.88 Å². The standard InChI is InChI=1S/C23H25N3O/c1-2-4-19(5-3-1)17-27-23-11-10-22(25-26-23)9-7-18-6-8-20-12-14-24-15-13-21(20)16-18/h1-6,8,10-11,16,24H,7,9,12-15,17H2. The number of aromatic nitrogens is 2. The average molecular weight is 359 g/mol. The Kier molecular flexibility index (Phi) is 5.75. The number of hydrogen-bond donors (Lipinski definition) is 1. The number of rotatable bonds is 6. The molecule has 4 heteroatoms. The summed E-state index contributed by atoms with van der Waals surface area (Å²) < 4.78 is 5.70. The van der Waals surface area contributed by atoms with Crippen LogP contribution in [0.1, 0.15) is 27.9 Å². The minimum absolute atomic E-state index is 0.513. The predicted molar refractivity (Wildman–Crippen MR) is 107 cm³/mol. The van der Waals surface area contributed by atoms with Crippen LogP contribution in [0.5, 0.6) is 5.88 Å². The Bertz CT molecular complexity index is 863. The van der Waals surface area contributed by atoms with Gasteiger partial charge in [0.15, 0.2) is 0 Å². The van der Waals surface area contributed by atoms with Gasteiger partial charge in [-0.15, -0.1) is 5.10 Å². The lowest BCUT2D eigenvalue weighted by molar-refractivity contribution is 0.290. The van der Waals surface area contributed by atoms with Crippen molar-refractivity contribution in [1.29, 1.82) is 0 Å². The van der Waals surface area contributed by atoms with Crippen LogP contribution in [0.4, 0.5) is 0 Å². The number of aryl methyl sites for hydroxylation is 2. The van der Waals surface area contributed by atoms with Gasteiger partial charge in [0.1, 0.15) is 6.61 Å². The van der Waals surface area contributed by atoms with Crippen molar-refractivity contribution in [2.75, 3.05) is 13.1 Å². The molecule has 3 aromatic rings. The van der Waals surface area contributed by atoms with Crippen molar-refractivity contribution in [3.63, 3.8) is 0 Å². The molecule has 4 rings (SSSR count). The van der Waals surface area contributed by atoms with Gasteiger partial charge in [-0.1, -0.05) is 48.5 Å². The second-order valence-electron chi connectivity index (χ2n) is 6.99. The lowest BCUT2D eigenvalue weighted by Gasteiger charge is -2.09. The van der Waals surface area contributed by atoms with Crippen molar-refractivity contribution >= 4 is 0 Å². The Morgan fingerprint density at radius 1 is 0.778 bits per heavy atom. The highest BCUT2D eigenvalue weighted by atomic mass is 16.5. The van der Waals surface area contributed by atoms with Crippen LogP contribution < -0.4 is 10.1 Å². The van der Waals surface area contributed by atoms with Crippen LogP contribution >= 0.6 is 0 Å². The van der Waals surface area contributed by atoms with Gasteiger partial charge in [0, 0.05) is 6.07 Å². The summed E-state index contributed by atoms with van der Waals surface area (Å²) in [4.78, 5) is 0. The first-order valence-corrected chi connectivity index (χ1v) is 9.67. The maximum Gasteiger partial charge on any atom is 0.233 e. The lowest BCUT2D eigenvalue weighted by Crippen LogP contribution is -2.16. The molecule has 0 bridgehead atoms. The quantitative estimate of drug-likeness (QED) is 0.731. The van der Waals surface area contributed by atoms with Gasteiger partial charge < -0.3 is 10.1 Å². The van der Waals surface area contributed by atoms with E-state index in [1.165, 1.54) is 16.7 Å². The molecule has 0 atom stereocenters. The lowest BCUT2D eigenvalue weighted by atomic mass is 9.98. The summed E-state index contributed by atoms with van der Waals surface area (Å²) in [6.45, 7) is 2.67. The highest BCUT2D eigenvalue weighted by molar-refractivity contribution is 5.34. The minimum atomic E-state index is 0.513. The number of nitrogens with one attached hydrogen (secondary N) is 1. The maximum atomic E-state index is 5.70. The molecule has 2 aromatic carbocycles. The molecule has 1 aliphatic heterocycles. The average Bonchev–Trinajstić information content (AvgIpc) is 2.97. The number of benzene rings is 2. The van der Waals surface area contributed by atoms with Crippen molar-refractivity contribution in [2.45, 2.75) is 32.3 Å². The zero-order chi connectivity index (χ0) is 18.3. The molecular weight excluding hydrogens is 334 g/mol. The Hall–Kier alpha value is -2.72. The first-order chi connectivity index (χ1) is 13.4. The van der Waals surface area contributed by atoms with Crippen molar-refractivity contribution < 1.29 is 4.74 Å². The van der Waals surface area contributed by atoms with Gasteiger partial charge in [-0.05, 0) is 67.1 Å². The van der Waals surface area contributed by atoms with Gasteiger partial charge in [-0.3, -0.25) is 0 Å². The van der Waals surface area contributed by atoms with Gasteiger partial charge in [0.25, 0.3) is 0 Å². The number of nitrogens with zero attached hydrogens (tertiary/aromatic N) is 2. The van der Waals surface area contributed by atoms with Gasteiger partial charge in [0.05, 0.1) is 5.69 Å². The summed E-state index contributed by atoms with van der Waals surface area (Å²) in [5.41, 5.74) is 6.49. The van der Waals surface area contributed by atoms with Crippen molar-refractivity contribution in [2.24, 2.45) is 0 Å². The van der Waals surface area contributed by atoms with Gasteiger partial charge in [-0.2, -0.15) is 5.10 Å².